The van der Waals surface area contributed by atoms with E-state index in [1.165, 1.54) is 0 Å². The number of ether oxygens (including phenoxy) is 1. The summed E-state index contributed by atoms with van der Waals surface area (Å²) in [7, 11) is 0. The average molecular weight is 270 g/mol. The summed E-state index contributed by atoms with van der Waals surface area (Å²) >= 11 is 6.02. The summed E-state index contributed by atoms with van der Waals surface area (Å²) in [6.07, 6.45) is -0.476. The van der Waals surface area contributed by atoms with E-state index in [0.29, 0.717) is 22.8 Å². The SMILES string of the molecule is Cc1cc(Cl)cc([C@H]2NC(=O)OCC2(C)C)c1O. The van der Waals surface area contributed by atoms with Gasteiger partial charge in [0.15, 0.2) is 0 Å². The van der Waals surface area contributed by atoms with Crippen molar-refractivity contribution in [2.45, 2.75) is 26.8 Å². The number of rotatable bonds is 1. The van der Waals surface area contributed by atoms with Crippen molar-refractivity contribution in [3.8, 4) is 5.75 Å². The minimum Gasteiger partial charge on any atom is -0.507 e. The summed E-state index contributed by atoms with van der Waals surface area (Å²) in [5.74, 6) is 0.166. The van der Waals surface area contributed by atoms with Crippen molar-refractivity contribution in [3.63, 3.8) is 0 Å². The minimum absolute atomic E-state index is 0.166. The number of benzene rings is 1. The third kappa shape index (κ3) is 2.25. The lowest BCUT2D eigenvalue weighted by Gasteiger charge is -2.38. The molecular formula is C13H16ClNO3. The van der Waals surface area contributed by atoms with Crippen LogP contribution in [0.1, 0.15) is 31.0 Å². The third-order valence-electron chi connectivity index (χ3n) is 3.22. The maximum atomic E-state index is 11.4. The van der Waals surface area contributed by atoms with Gasteiger partial charge < -0.3 is 15.2 Å². The summed E-state index contributed by atoms with van der Waals surface area (Å²) in [6, 6.07) is 3.05. The van der Waals surface area contributed by atoms with Crippen LogP contribution < -0.4 is 5.32 Å². The molecule has 2 N–H and O–H groups in total. The van der Waals surface area contributed by atoms with E-state index >= 15 is 0 Å². The summed E-state index contributed by atoms with van der Waals surface area (Å²) in [4.78, 5) is 11.4. The van der Waals surface area contributed by atoms with Crippen LogP contribution in [0.25, 0.3) is 0 Å². The molecule has 98 valence electrons. The lowest BCUT2D eigenvalue weighted by molar-refractivity contribution is 0.0381. The van der Waals surface area contributed by atoms with Gasteiger partial charge in [0.1, 0.15) is 12.4 Å². The van der Waals surface area contributed by atoms with Gasteiger partial charge in [0.25, 0.3) is 0 Å². The van der Waals surface area contributed by atoms with Crippen LogP contribution in [-0.4, -0.2) is 17.8 Å². The predicted octanol–water partition coefficient (Wildman–Crippen LogP) is 3.16. The third-order valence-corrected chi connectivity index (χ3v) is 3.44. The molecule has 0 bridgehead atoms. The molecule has 1 aromatic rings. The molecule has 0 spiro atoms. The van der Waals surface area contributed by atoms with Gasteiger partial charge >= 0.3 is 6.09 Å². The van der Waals surface area contributed by atoms with Gasteiger partial charge in [0, 0.05) is 16.0 Å². The number of amides is 1. The van der Waals surface area contributed by atoms with E-state index in [9.17, 15) is 9.90 Å². The Morgan fingerprint density at radius 2 is 2.17 bits per heavy atom. The molecule has 0 saturated carbocycles. The van der Waals surface area contributed by atoms with Crippen molar-refractivity contribution in [1.82, 2.24) is 5.32 Å². The first-order valence-electron chi connectivity index (χ1n) is 5.73. The van der Waals surface area contributed by atoms with E-state index in [1.54, 1.807) is 19.1 Å². The summed E-state index contributed by atoms with van der Waals surface area (Å²) in [5.41, 5.74) is 0.999. The monoisotopic (exact) mass is 269 g/mol. The van der Waals surface area contributed by atoms with Gasteiger partial charge in [-0.2, -0.15) is 0 Å². The fourth-order valence-corrected chi connectivity index (χ4v) is 2.45. The Hall–Kier alpha value is -1.42. The molecule has 1 atom stereocenters. The zero-order chi connectivity index (χ0) is 13.5. The standard InChI is InChI=1S/C13H16ClNO3/c1-7-4-8(14)5-9(10(7)16)11-13(2,3)6-18-12(17)15-11/h4-5,11,16H,6H2,1-3H3,(H,15,17)/t11-/m1/s1. The van der Waals surface area contributed by atoms with Crippen molar-refractivity contribution < 1.29 is 14.6 Å². The Balaban J connectivity index is 2.49. The number of aryl methyl sites for hydroxylation is 1. The highest BCUT2D eigenvalue weighted by Gasteiger charge is 2.39. The molecule has 0 aromatic heterocycles. The predicted molar refractivity (Wildman–Crippen MR) is 68.9 cm³/mol. The highest BCUT2D eigenvalue weighted by Crippen LogP contribution is 2.41. The number of hydrogen-bond acceptors (Lipinski definition) is 3. The molecule has 1 heterocycles. The molecule has 1 amide bonds. The molecule has 1 aliphatic heterocycles. The normalized spacial score (nSPS) is 22.2. The van der Waals surface area contributed by atoms with Crippen LogP contribution in [0, 0.1) is 12.3 Å². The molecular weight excluding hydrogens is 254 g/mol. The van der Waals surface area contributed by atoms with Crippen LogP contribution in [-0.2, 0) is 4.74 Å². The number of cyclic esters (lactones) is 1. The number of halogens is 1. The molecule has 1 fully saturated rings. The van der Waals surface area contributed by atoms with Crippen molar-refractivity contribution in [2.75, 3.05) is 6.61 Å². The number of nitrogens with one attached hydrogen (secondary N) is 1. The van der Waals surface area contributed by atoms with Gasteiger partial charge in [-0.1, -0.05) is 25.4 Å². The van der Waals surface area contributed by atoms with Crippen LogP contribution in [0.3, 0.4) is 0 Å². The Bertz CT molecular complexity index is 499. The Kier molecular flexibility index (Phi) is 3.15. The van der Waals surface area contributed by atoms with Crippen molar-refractivity contribution in [2.24, 2.45) is 5.41 Å². The Labute approximate surface area is 111 Å². The summed E-state index contributed by atoms with van der Waals surface area (Å²) in [6.45, 7) is 6.01. The van der Waals surface area contributed by atoms with E-state index in [2.05, 4.69) is 5.32 Å². The van der Waals surface area contributed by atoms with E-state index in [-0.39, 0.29) is 17.2 Å². The zero-order valence-corrected chi connectivity index (χ0v) is 11.3. The first kappa shape index (κ1) is 13.0. The van der Waals surface area contributed by atoms with Crippen LogP contribution in [0.2, 0.25) is 5.02 Å². The smallest absolute Gasteiger partial charge is 0.407 e. The molecule has 0 aliphatic carbocycles. The second kappa shape index (κ2) is 4.35. The van der Waals surface area contributed by atoms with Crippen LogP contribution in [0.15, 0.2) is 12.1 Å². The first-order valence-corrected chi connectivity index (χ1v) is 6.11. The van der Waals surface area contributed by atoms with Gasteiger partial charge in [-0.05, 0) is 24.6 Å². The van der Waals surface area contributed by atoms with Crippen LogP contribution in [0.5, 0.6) is 5.75 Å². The van der Waals surface area contributed by atoms with E-state index in [4.69, 9.17) is 16.3 Å². The van der Waals surface area contributed by atoms with E-state index < -0.39 is 6.09 Å². The zero-order valence-electron chi connectivity index (χ0n) is 10.6. The Morgan fingerprint density at radius 1 is 1.50 bits per heavy atom. The van der Waals surface area contributed by atoms with Crippen molar-refractivity contribution in [3.05, 3.63) is 28.3 Å². The van der Waals surface area contributed by atoms with Gasteiger partial charge in [-0.25, -0.2) is 4.79 Å². The average Bonchev–Trinajstić information content (AvgIpc) is 2.27. The maximum absolute atomic E-state index is 11.4. The molecule has 5 heteroatoms. The maximum Gasteiger partial charge on any atom is 0.407 e. The largest absolute Gasteiger partial charge is 0.507 e. The molecule has 0 radical (unpaired) electrons. The van der Waals surface area contributed by atoms with E-state index in [0.717, 1.165) is 0 Å². The number of carbonyl (C=O) groups excluding carboxylic acids is 1. The van der Waals surface area contributed by atoms with Gasteiger partial charge in [-0.3, -0.25) is 0 Å². The first-order chi connectivity index (χ1) is 8.31. The number of phenolic OH excluding ortho intramolecular Hbond substituents is 1. The molecule has 0 unspecified atom stereocenters. The number of hydrogen-bond donors (Lipinski definition) is 2. The lowest BCUT2D eigenvalue weighted by Crippen LogP contribution is -2.47. The molecule has 1 aliphatic rings. The number of carbonyl (C=O) groups is 1. The highest BCUT2D eigenvalue weighted by molar-refractivity contribution is 6.30. The topological polar surface area (TPSA) is 58.6 Å². The fraction of sp³-hybridized carbons (Fsp3) is 0.462. The number of aromatic hydroxyl groups is 1. The molecule has 4 nitrogen and oxygen atoms in total. The quantitative estimate of drug-likeness (QED) is 0.823. The van der Waals surface area contributed by atoms with Gasteiger partial charge in [0.2, 0.25) is 0 Å². The minimum atomic E-state index is -0.476. The summed E-state index contributed by atoms with van der Waals surface area (Å²) < 4.78 is 4.98. The number of alkyl carbamates (subject to hydrolysis) is 1. The molecule has 18 heavy (non-hydrogen) atoms. The summed E-state index contributed by atoms with van der Waals surface area (Å²) in [5, 5.41) is 13.4. The van der Waals surface area contributed by atoms with Crippen molar-refractivity contribution >= 4 is 17.7 Å². The Morgan fingerprint density at radius 3 is 2.83 bits per heavy atom. The van der Waals surface area contributed by atoms with E-state index in [1.807, 2.05) is 13.8 Å². The second-order valence-corrected chi connectivity index (χ2v) is 5.74. The molecule has 2 rings (SSSR count). The van der Waals surface area contributed by atoms with Crippen LogP contribution >= 0.6 is 11.6 Å². The lowest BCUT2D eigenvalue weighted by atomic mass is 9.79. The second-order valence-electron chi connectivity index (χ2n) is 5.30. The van der Waals surface area contributed by atoms with Crippen LogP contribution in [0.4, 0.5) is 4.79 Å². The molecule has 1 saturated heterocycles. The highest BCUT2D eigenvalue weighted by atomic mass is 35.5. The van der Waals surface area contributed by atoms with Gasteiger partial charge in [-0.15, -0.1) is 0 Å². The number of phenols is 1. The molecule has 1 aromatic carbocycles. The fourth-order valence-electron chi connectivity index (χ4n) is 2.17. The van der Waals surface area contributed by atoms with Gasteiger partial charge in [0.05, 0.1) is 6.04 Å². The van der Waals surface area contributed by atoms with Crippen molar-refractivity contribution in [1.29, 1.82) is 0 Å².